The van der Waals surface area contributed by atoms with Gasteiger partial charge < -0.3 is 9.64 Å². The molecule has 1 aromatic carbocycles. The average molecular weight is 237 g/mol. The van der Waals surface area contributed by atoms with Crippen LogP contribution in [-0.4, -0.2) is 23.6 Å². The molecule has 2 rings (SSSR count). The van der Waals surface area contributed by atoms with Gasteiger partial charge in [0.1, 0.15) is 11.9 Å². The van der Waals surface area contributed by atoms with Gasteiger partial charge >= 0.3 is 6.09 Å². The summed E-state index contributed by atoms with van der Waals surface area (Å²) in [7, 11) is 0. The van der Waals surface area contributed by atoms with Gasteiger partial charge in [-0.1, -0.05) is 12.1 Å². The average Bonchev–Trinajstić information content (AvgIpc) is 2.29. The highest BCUT2D eigenvalue weighted by atomic mass is 19.1. The van der Waals surface area contributed by atoms with E-state index in [2.05, 4.69) is 0 Å². The van der Waals surface area contributed by atoms with Crippen LogP contribution in [0.25, 0.3) is 0 Å². The summed E-state index contributed by atoms with van der Waals surface area (Å²) in [5.41, 5.74) is 0.850. The Morgan fingerprint density at radius 1 is 1.35 bits per heavy atom. The molecule has 1 aliphatic rings. The number of nitrogens with zero attached hydrogens (tertiary/aromatic N) is 1. The van der Waals surface area contributed by atoms with E-state index in [0.717, 1.165) is 12.0 Å². The number of carbonyl (C=O) groups excluding carboxylic acids is 1. The Hall–Kier alpha value is -1.58. The lowest BCUT2D eigenvalue weighted by Gasteiger charge is -2.34. The lowest BCUT2D eigenvalue weighted by molar-refractivity contribution is 0.0150. The van der Waals surface area contributed by atoms with Gasteiger partial charge in [0.25, 0.3) is 0 Å². The number of rotatable bonds is 2. The smallest absolute Gasteiger partial charge is 0.410 e. The normalized spacial score (nSPS) is 20.6. The Bertz CT molecular complexity index is 402. The predicted molar refractivity (Wildman–Crippen MR) is 62.1 cm³/mol. The maximum atomic E-state index is 12.8. The molecule has 1 saturated heterocycles. The lowest BCUT2D eigenvalue weighted by Crippen LogP contribution is -2.43. The summed E-state index contributed by atoms with van der Waals surface area (Å²) in [5, 5.41) is 0. The molecule has 0 N–H and O–H groups in total. The summed E-state index contributed by atoms with van der Waals surface area (Å²) >= 11 is 0. The number of hydrogen-bond acceptors (Lipinski definition) is 2. The van der Waals surface area contributed by atoms with Crippen LogP contribution in [0.3, 0.4) is 0 Å². The second-order valence-electron chi connectivity index (χ2n) is 4.50. The highest BCUT2D eigenvalue weighted by Gasteiger charge is 2.29. The highest BCUT2D eigenvalue weighted by molar-refractivity contribution is 5.69. The third-order valence-electron chi connectivity index (χ3n) is 2.97. The summed E-state index contributed by atoms with van der Waals surface area (Å²) < 4.78 is 18.1. The Morgan fingerprint density at radius 3 is 2.53 bits per heavy atom. The molecule has 0 radical (unpaired) electrons. The Kier molecular flexibility index (Phi) is 3.31. The molecular weight excluding hydrogens is 221 g/mol. The van der Waals surface area contributed by atoms with Crippen molar-refractivity contribution in [2.45, 2.75) is 32.4 Å². The van der Waals surface area contributed by atoms with Gasteiger partial charge in [-0.05, 0) is 31.5 Å². The number of benzene rings is 1. The van der Waals surface area contributed by atoms with Gasteiger partial charge in [-0.2, -0.15) is 0 Å². The minimum atomic E-state index is -0.291. The van der Waals surface area contributed by atoms with Crippen molar-refractivity contribution in [1.82, 2.24) is 4.90 Å². The number of cyclic esters (lactones) is 1. The zero-order valence-corrected chi connectivity index (χ0v) is 10.0. The van der Waals surface area contributed by atoms with E-state index in [1.165, 1.54) is 12.1 Å². The largest absolute Gasteiger partial charge is 0.441 e. The maximum absolute atomic E-state index is 12.8. The molecule has 3 nitrogen and oxygen atoms in total. The number of halogens is 1. The van der Waals surface area contributed by atoms with Gasteiger partial charge in [0, 0.05) is 19.0 Å². The maximum Gasteiger partial charge on any atom is 0.410 e. The van der Waals surface area contributed by atoms with Crippen LogP contribution in [0.5, 0.6) is 0 Å². The van der Waals surface area contributed by atoms with Crippen molar-refractivity contribution in [2.24, 2.45) is 0 Å². The van der Waals surface area contributed by atoms with Crippen molar-refractivity contribution in [1.29, 1.82) is 0 Å². The zero-order chi connectivity index (χ0) is 12.4. The fourth-order valence-electron chi connectivity index (χ4n) is 1.98. The second kappa shape index (κ2) is 4.73. The fourth-order valence-corrected chi connectivity index (χ4v) is 1.98. The minimum Gasteiger partial charge on any atom is -0.441 e. The van der Waals surface area contributed by atoms with Crippen molar-refractivity contribution in [3.05, 3.63) is 35.6 Å². The highest BCUT2D eigenvalue weighted by Crippen LogP contribution is 2.27. The molecule has 0 aliphatic carbocycles. The number of ether oxygens (including phenoxy) is 1. The third kappa shape index (κ3) is 2.57. The number of hydrogen-bond donors (Lipinski definition) is 0. The van der Waals surface area contributed by atoms with E-state index in [9.17, 15) is 9.18 Å². The topological polar surface area (TPSA) is 29.5 Å². The van der Waals surface area contributed by atoms with Crippen LogP contribution in [0.1, 0.15) is 31.9 Å². The monoisotopic (exact) mass is 237 g/mol. The van der Waals surface area contributed by atoms with Crippen LogP contribution in [-0.2, 0) is 4.74 Å². The molecule has 17 heavy (non-hydrogen) atoms. The molecule has 4 heteroatoms. The first kappa shape index (κ1) is 11.9. The van der Waals surface area contributed by atoms with Gasteiger partial charge in [0.05, 0.1) is 0 Å². The summed E-state index contributed by atoms with van der Waals surface area (Å²) in [6, 6.07) is 6.25. The van der Waals surface area contributed by atoms with E-state index < -0.39 is 0 Å². The van der Waals surface area contributed by atoms with Crippen molar-refractivity contribution < 1.29 is 13.9 Å². The molecule has 0 spiro atoms. The third-order valence-corrected chi connectivity index (χ3v) is 2.97. The molecule has 0 aromatic heterocycles. The molecule has 92 valence electrons. The van der Waals surface area contributed by atoms with Crippen LogP contribution in [0.4, 0.5) is 9.18 Å². The van der Waals surface area contributed by atoms with Crippen LogP contribution in [0.2, 0.25) is 0 Å². The van der Waals surface area contributed by atoms with Crippen LogP contribution in [0, 0.1) is 5.82 Å². The van der Waals surface area contributed by atoms with E-state index in [-0.39, 0.29) is 24.1 Å². The van der Waals surface area contributed by atoms with E-state index >= 15 is 0 Å². The molecule has 1 aromatic rings. The van der Waals surface area contributed by atoms with Gasteiger partial charge in [0.2, 0.25) is 0 Å². The summed E-state index contributed by atoms with van der Waals surface area (Å²) in [5.74, 6) is -0.278. The molecule has 1 fully saturated rings. The lowest BCUT2D eigenvalue weighted by atomic mass is 10.0. The summed E-state index contributed by atoms with van der Waals surface area (Å²) in [6.45, 7) is 4.59. The van der Waals surface area contributed by atoms with Crippen molar-refractivity contribution in [3.63, 3.8) is 0 Å². The molecule has 1 atom stereocenters. The second-order valence-corrected chi connectivity index (χ2v) is 4.50. The predicted octanol–water partition coefficient (Wildman–Crippen LogP) is 3.12. The first-order chi connectivity index (χ1) is 8.08. The quantitative estimate of drug-likeness (QED) is 0.791. The molecule has 0 unspecified atom stereocenters. The number of amides is 1. The molecular formula is C13H16FNO2. The van der Waals surface area contributed by atoms with Crippen molar-refractivity contribution in [2.75, 3.05) is 6.54 Å². The van der Waals surface area contributed by atoms with E-state index in [4.69, 9.17) is 4.74 Å². The van der Waals surface area contributed by atoms with E-state index in [1.807, 2.05) is 13.8 Å². The standard InChI is InChI=1S/C13H16FNO2/c1-9(2)15-8-7-12(17-13(15)16)10-3-5-11(14)6-4-10/h3-6,9,12H,7-8H2,1-2H3/t12-/m0/s1. The SMILES string of the molecule is CC(C)N1CC[C@@H](c2ccc(F)cc2)OC1=O. The Balaban J connectivity index is 2.07. The molecule has 1 heterocycles. The first-order valence-corrected chi connectivity index (χ1v) is 5.80. The van der Waals surface area contributed by atoms with Crippen LogP contribution in [0.15, 0.2) is 24.3 Å². The van der Waals surface area contributed by atoms with Crippen LogP contribution >= 0.6 is 0 Å². The molecule has 1 amide bonds. The minimum absolute atomic E-state index is 0.150. The summed E-state index contributed by atoms with van der Waals surface area (Å²) in [4.78, 5) is 13.4. The Labute approximate surface area is 100 Å². The van der Waals surface area contributed by atoms with Crippen molar-refractivity contribution >= 4 is 6.09 Å². The molecule has 1 aliphatic heterocycles. The van der Waals surface area contributed by atoms with Gasteiger partial charge in [0.15, 0.2) is 0 Å². The molecule has 0 saturated carbocycles. The van der Waals surface area contributed by atoms with Crippen molar-refractivity contribution in [3.8, 4) is 0 Å². The van der Waals surface area contributed by atoms with E-state index in [0.29, 0.717) is 6.54 Å². The van der Waals surface area contributed by atoms with Gasteiger partial charge in [-0.25, -0.2) is 9.18 Å². The van der Waals surface area contributed by atoms with Crippen LogP contribution < -0.4 is 0 Å². The van der Waals surface area contributed by atoms with E-state index in [1.54, 1.807) is 17.0 Å². The molecule has 0 bridgehead atoms. The van der Waals surface area contributed by atoms with Gasteiger partial charge in [-0.15, -0.1) is 0 Å². The van der Waals surface area contributed by atoms with Gasteiger partial charge in [-0.3, -0.25) is 0 Å². The number of carbonyl (C=O) groups is 1. The first-order valence-electron chi connectivity index (χ1n) is 5.80. The fraction of sp³-hybridized carbons (Fsp3) is 0.462. The summed E-state index contributed by atoms with van der Waals surface area (Å²) in [6.07, 6.45) is 0.203. The zero-order valence-electron chi connectivity index (χ0n) is 10.0. The Morgan fingerprint density at radius 2 is 2.00 bits per heavy atom.